The van der Waals surface area contributed by atoms with Crippen LogP contribution < -0.4 is 0 Å². The minimum Gasteiger partial charge on any atom is -0.478 e. The lowest BCUT2D eigenvalue weighted by Gasteiger charge is -2.32. The molecular weight excluding hydrogens is 278 g/mol. The zero-order valence-electron chi connectivity index (χ0n) is 12.7. The number of carboxylic acids is 1. The van der Waals surface area contributed by atoms with Crippen LogP contribution in [0, 0.1) is 6.92 Å². The molecule has 5 nitrogen and oxygen atoms in total. The van der Waals surface area contributed by atoms with Gasteiger partial charge in [-0.25, -0.2) is 4.79 Å². The molecule has 1 aliphatic heterocycles. The summed E-state index contributed by atoms with van der Waals surface area (Å²) < 4.78 is 0. The van der Waals surface area contributed by atoms with Gasteiger partial charge in [0.05, 0.1) is 11.8 Å². The lowest BCUT2D eigenvalue weighted by Crippen LogP contribution is -2.34. The van der Waals surface area contributed by atoms with E-state index in [9.17, 15) is 4.79 Å². The summed E-state index contributed by atoms with van der Waals surface area (Å²) in [4.78, 5) is 13.3. The molecule has 0 unspecified atom stereocenters. The zero-order chi connectivity index (χ0) is 15.5. The van der Waals surface area contributed by atoms with E-state index in [-0.39, 0.29) is 0 Å². The van der Waals surface area contributed by atoms with Crippen molar-refractivity contribution in [2.24, 2.45) is 0 Å². The third kappa shape index (κ3) is 3.20. The molecule has 3 rings (SSSR count). The van der Waals surface area contributed by atoms with Crippen molar-refractivity contribution in [3.63, 3.8) is 0 Å². The molecular formula is C17H21N3O2. The lowest BCUT2D eigenvalue weighted by atomic mass is 9.92. The number of aromatic nitrogens is 2. The summed E-state index contributed by atoms with van der Waals surface area (Å²) in [6.45, 7) is 5.07. The summed E-state index contributed by atoms with van der Waals surface area (Å²) in [6, 6.07) is 7.18. The summed E-state index contributed by atoms with van der Waals surface area (Å²) in [6.07, 6.45) is 4.26. The molecule has 2 heterocycles. The van der Waals surface area contributed by atoms with Gasteiger partial charge in [-0.15, -0.1) is 0 Å². The molecule has 2 N–H and O–H groups in total. The topological polar surface area (TPSA) is 69.2 Å². The molecule has 1 atom stereocenters. The smallest absolute Gasteiger partial charge is 0.335 e. The molecule has 1 saturated heterocycles. The fraction of sp³-hybridized carbons (Fsp3) is 0.412. The summed E-state index contributed by atoms with van der Waals surface area (Å²) in [5.41, 5.74) is 3.99. The van der Waals surface area contributed by atoms with Crippen molar-refractivity contribution in [1.82, 2.24) is 15.1 Å². The summed E-state index contributed by atoms with van der Waals surface area (Å²) >= 11 is 0. The number of H-pyrrole nitrogens is 1. The fourth-order valence-electron chi connectivity index (χ4n) is 3.22. The van der Waals surface area contributed by atoms with Crippen molar-refractivity contribution in [2.45, 2.75) is 32.2 Å². The van der Waals surface area contributed by atoms with Crippen LogP contribution in [0.2, 0.25) is 0 Å². The monoisotopic (exact) mass is 299 g/mol. The minimum absolute atomic E-state index is 0.341. The first-order valence-corrected chi connectivity index (χ1v) is 7.68. The normalized spacial score (nSPS) is 19.2. The summed E-state index contributed by atoms with van der Waals surface area (Å²) in [5, 5.41) is 16.2. The lowest BCUT2D eigenvalue weighted by molar-refractivity contribution is 0.0697. The summed E-state index contributed by atoms with van der Waals surface area (Å²) in [7, 11) is 0. The number of likely N-dealkylation sites (tertiary alicyclic amines) is 1. The van der Waals surface area contributed by atoms with E-state index in [1.165, 1.54) is 24.1 Å². The van der Waals surface area contributed by atoms with Gasteiger partial charge in [0.1, 0.15) is 0 Å². The van der Waals surface area contributed by atoms with Crippen molar-refractivity contribution in [1.29, 1.82) is 0 Å². The molecule has 0 spiro atoms. The average molecular weight is 299 g/mol. The van der Waals surface area contributed by atoms with E-state index >= 15 is 0 Å². The van der Waals surface area contributed by atoms with Crippen LogP contribution in [0.15, 0.2) is 30.5 Å². The van der Waals surface area contributed by atoms with Gasteiger partial charge in [-0.05, 0) is 49.6 Å². The average Bonchev–Trinajstić information content (AvgIpc) is 2.94. The Kier molecular flexibility index (Phi) is 4.24. The molecule has 1 aliphatic rings. The van der Waals surface area contributed by atoms with Crippen molar-refractivity contribution in [3.05, 3.63) is 52.8 Å². The van der Waals surface area contributed by atoms with Gasteiger partial charge >= 0.3 is 5.97 Å². The van der Waals surface area contributed by atoms with Crippen LogP contribution in [0.1, 0.15) is 45.9 Å². The molecule has 2 aromatic rings. The van der Waals surface area contributed by atoms with Gasteiger partial charge in [-0.1, -0.05) is 12.1 Å². The van der Waals surface area contributed by atoms with Crippen LogP contribution in [-0.4, -0.2) is 39.3 Å². The Morgan fingerprint density at radius 1 is 1.41 bits per heavy atom. The Morgan fingerprint density at radius 3 is 2.82 bits per heavy atom. The maximum absolute atomic E-state index is 10.9. The maximum Gasteiger partial charge on any atom is 0.335 e. The molecule has 0 radical (unpaired) electrons. The molecule has 0 aliphatic carbocycles. The quantitative estimate of drug-likeness (QED) is 0.911. The molecule has 22 heavy (non-hydrogen) atoms. The number of rotatable bonds is 4. The third-order valence-corrected chi connectivity index (χ3v) is 4.39. The molecule has 0 bridgehead atoms. The number of nitrogens with zero attached hydrogens (tertiary/aromatic N) is 2. The fourth-order valence-corrected chi connectivity index (χ4v) is 3.22. The van der Waals surface area contributed by atoms with Crippen LogP contribution >= 0.6 is 0 Å². The Bertz CT molecular complexity index is 648. The second-order valence-electron chi connectivity index (χ2n) is 6.04. The number of carboxylic acid groups (broad SMARTS) is 1. The third-order valence-electron chi connectivity index (χ3n) is 4.39. The van der Waals surface area contributed by atoms with Gasteiger partial charge in [0.15, 0.2) is 0 Å². The van der Waals surface area contributed by atoms with Crippen molar-refractivity contribution in [2.75, 3.05) is 13.1 Å². The largest absolute Gasteiger partial charge is 0.478 e. The Labute approximate surface area is 130 Å². The van der Waals surface area contributed by atoms with Crippen LogP contribution in [0.25, 0.3) is 0 Å². The highest BCUT2D eigenvalue weighted by Gasteiger charge is 2.23. The first-order valence-electron chi connectivity index (χ1n) is 7.68. The number of hydrogen-bond donors (Lipinski definition) is 2. The van der Waals surface area contributed by atoms with E-state index in [0.29, 0.717) is 11.5 Å². The highest BCUT2D eigenvalue weighted by atomic mass is 16.4. The number of piperidine rings is 1. The standard InChI is InChI=1S/C17H21N3O2/c1-12-9-18-19-16(12)15-3-2-8-20(11-15)10-13-4-6-14(7-5-13)17(21)22/h4-7,9,15H,2-3,8,10-11H2,1H3,(H,18,19)(H,21,22)/t15-/m1/s1. The zero-order valence-corrected chi connectivity index (χ0v) is 12.7. The summed E-state index contributed by atoms with van der Waals surface area (Å²) in [5.74, 6) is -0.367. The molecule has 1 aromatic carbocycles. The Balaban J connectivity index is 1.65. The van der Waals surface area contributed by atoms with Crippen LogP contribution in [0.5, 0.6) is 0 Å². The molecule has 1 fully saturated rings. The van der Waals surface area contributed by atoms with Crippen LogP contribution in [0.3, 0.4) is 0 Å². The Morgan fingerprint density at radius 2 is 2.18 bits per heavy atom. The number of nitrogens with one attached hydrogen (secondary N) is 1. The van der Waals surface area contributed by atoms with Gasteiger partial charge in [0, 0.05) is 24.7 Å². The van der Waals surface area contributed by atoms with Crippen molar-refractivity contribution >= 4 is 5.97 Å². The molecule has 116 valence electrons. The van der Waals surface area contributed by atoms with E-state index in [1.807, 2.05) is 18.3 Å². The van der Waals surface area contributed by atoms with Gasteiger partial charge in [-0.3, -0.25) is 10.00 Å². The number of aryl methyl sites for hydroxylation is 1. The van der Waals surface area contributed by atoms with E-state index in [1.54, 1.807) is 12.1 Å². The highest BCUT2D eigenvalue weighted by molar-refractivity contribution is 5.87. The van der Waals surface area contributed by atoms with Gasteiger partial charge in [-0.2, -0.15) is 5.10 Å². The van der Waals surface area contributed by atoms with E-state index in [2.05, 4.69) is 22.0 Å². The molecule has 5 heteroatoms. The first-order chi connectivity index (χ1) is 10.6. The van der Waals surface area contributed by atoms with Crippen LogP contribution in [-0.2, 0) is 6.54 Å². The van der Waals surface area contributed by atoms with Crippen LogP contribution in [0.4, 0.5) is 0 Å². The predicted octanol–water partition coefficient (Wildman–Crippen LogP) is 2.80. The second kappa shape index (κ2) is 6.32. The van der Waals surface area contributed by atoms with Gasteiger partial charge in [0.2, 0.25) is 0 Å². The van der Waals surface area contributed by atoms with E-state index < -0.39 is 5.97 Å². The number of benzene rings is 1. The number of aromatic carboxylic acids is 1. The minimum atomic E-state index is -0.876. The van der Waals surface area contributed by atoms with Gasteiger partial charge in [0.25, 0.3) is 0 Å². The Hall–Kier alpha value is -2.14. The second-order valence-corrected chi connectivity index (χ2v) is 6.04. The molecule has 0 amide bonds. The maximum atomic E-state index is 10.9. The molecule has 1 aromatic heterocycles. The van der Waals surface area contributed by atoms with Gasteiger partial charge < -0.3 is 5.11 Å². The first kappa shape index (κ1) is 14.8. The number of hydrogen-bond acceptors (Lipinski definition) is 3. The highest BCUT2D eigenvalue weighted by Crippen LogP contribution is 2.28. The van der Waals surface area contributed by atoms with Crippen molar-refractivity contribution in [3.8, 4) is 0 Å². The van der Waals surface area contributed by atoms with E-state index in [0.717, 1.165) is 25.2 Å². The van der Waals surface area contributed by atoms with E-state index in [4.69, 9.17) is 5.11 Å². The number of aromatic amines is 1. The molecule has 0 saturated carbocycles. The SMILES string of the molecule is Cc1cn[nH]c1[C@@H]1CCCN(Cc2ccc(C(=O)O)cc2)C1. The van der Waals surface area contributed by atoms with Crippen molar-refractivity contribution < 1.29 is 9.90 Å². The number of carbonyl (C=O) groups is 1. The predicted molar refractivity (Wildman–Crippen MR) is 84.0 cm³/mol.